The summed E-state index contributed by atoms with van der Waals surface area (Å²) in [6.07, 6.45) is -0.771. The highest BCUT2D eigenvalue weighted by molar-refractivity contribution is 6.12. The number of imide groups is 1. The van der Waals surface area contributed by atoms with E-state index in [0.29, 0.717) is 22.5 Å². The molecule has 2 unspecified atom stereocenters. The van der Waals surface area contributed by atoms with Gasteiger partial charge in [0.25, 0.3) is 11.8 Å². The number of carboxylic acids is 1. The largest absolute Gasteiger partial charge is 0.481 e. The number of aliphatic carboxylic acids is 1. The smallest absolute Gasteiger partial charge is 0.333 e. The first-order valence-electron chi connectivity index (χ1n) is 18.6. The third-order valence-corrected chi connectivity index (χ3v) is 9.72. The summed E-state index contributed by atoms with van der Waals surface area (Å²) in [5, 5.41) is 14.6. The molecule has 15 heteroatoms. The van der Waals surface area contributed by atoms with Gasteiger partial charge < -0.3 is 31.1 Å². The maximum absolute atomic E-state index is 14.8. The number of nitrogens with zero attached hydrogens (tertiary/aromatic N) is 3. The highest BCUT2D eigenvalue weighted by Crippen LogP contribution is 2.41. The molecule has 1 fully saturated rings. The van der Waals surface area contributed by atoms with Crippen molar-refractivity contribution in [3.05, 3.63) is 126 Å². The molecular formula is C43H46N6O9. The van der Waals surface area contributed by atoms with Crippen molar-refractivity contribution in [2.75, 3.05) is 22.1 Å². The maximum Gasteiger partial charge on any atom is 0.333 e. The lowest BCUT2D eigenvalue weighted by Gasteiger charge is -2.32. The molecule has 3 atom stereocenters. The predicted octanol–water partition coefficient (Wildman–Crippen LogP) is 5.64. The monoisotopic (exact) mass is 790 g/mol. The zero-order valence-corrected chi connectivity index (χ0v) is 32.6. The van der Waals surface area contributed by atoms with Gasteiger partial charge in [-0.1, -0.05) is 92.7 Å². The van der Waals surface area contributed by atoms with Gasteiger partial charge in [-0.05, 0) is 73.2 Å². The molecule has 1 saturated heterocycles. The molecule has 1 aliphatic heterocycles. The second-order valence-corrected chi connectivity index (χ2v) is 14.5. The Hall–Kier alpha value is -6.87. The van der Waals surface area contributed by atoms with Crippen LogP contribution in [0.3, 0.4) is 0 Å². The second-order valence-electron chi connectivity index (χ2n) is 14.5. The van der Waals surface area contributed by atoms with Crippen LogP contribution in [0.15, 0.2) is 109 Å². The number of hydrogen-bond donors (Lipinski definition) is 4. The van der Waals surface area contributed by atoms with Crippen molar-refractivity contribution >= 4 is 58.8 Å². The summed E-state index contributed by atoms with van der Waals surface area (Å²) in [4.78, 5) is 97.1. The number of carbonyl (C=O) groups excluding carboxylic acids is 6. The van der Waals surface area contributed by atoms with E-state index < -0.39 is 72.4 Å². The van der Waals surface area contributed by atoms with Gasteiger partial charge in [0.15, 0.2) is 0 Å². The van der Waals surface area contributed by atoms with E-state index in [4.69, 9.17) is 15.6 Å². The highest BCUT2D eigenvalue weighted by atomic mass is 16.6. The molecule has 0 aromatic heterocycles. The minimum Gasteiger partial charge on any atom is -0.481 e. The number of aryl methyl sites for hydroxylation is 1. The van der Waals surface area contributed by atoms with Crippen LogP contribution in [0, 0.1) is 12.8 Å². The quantitative estimate of drug-likeness (QED) is 0.0662. The van der Waals surface area contributed by atoms with Gasteiger partial charge in [0.2, 0.25) is 0 Å². The van der Waals surface area contributed by atoms with Crippen molar-refractivity contribution in [3.8, 4) is 0 Å². The van der Waals surface area contributed by atoms with E-state index >= 15 is 0 Å². The molecule has 0 spiro atoms. The Bertz CT molecular complexity index is 2160. The van der Waals surface area contributed by atoms with Crippen LogP contribution in [-0.4, -0.2) is 75.3 Å². The first kappa shape index (κ1) is 42.3. The molecule has 4 aromatic carbocycles. The number of nitrogens with two attached hydrogens (primary N) is 1. The van der Waals surface area contributed by atoms with Crippen LogP contribution in [0.5, 0.6) is 0 Å². The van der Waals surface area contributed by atoms with Gasteiger partial charge in [-0.2, -0.15) is 0 Å². The van der Waals surface area contributed by atoms with Crippen LogP contribution in [-0.2, 0) is 40.8 Å². The number of esters is 2. The molecule has 0 saturated carbocycles. The van der Waals surface area contributed by atoms with Crippen LogP contribution >= 0.6 is 0 Å². The molecule has 1 aliphatic rings. The van der Waals surface area contributed by atoms with Crippen LogP contribution in [0.25, 0.3) is 0 Å². The standard InChI is InChI=1S/C43H46N6O9/c1-27(2)23-35(38(53)47(32-16-9-6-10-17-32)26-37(52)58-39(54)33(44)24-36(50)51)49-40(55)43(4,30-14-7-5-8-15-30)48(42(49)57)25-29-19-21-31(22-20-29)45-41(56)46-34-18-12-11-13-28(34)3/h5-22,27,33,35H,23-26,44H2,1-4H3,(H,50,51)(H2,45,46,56)/t33-,35?,43?/m0/s1. The van der Waals surface area contributed by atoms with Crippen molar-refractivity contribution in [2.24, 2.45) is 11.7 Å². The molecule has 58 heavy (non-hydrogen) atoms. The van der Waals surface area contributed by atoms with Gasteiger partial charge in [0, 0.05) is 23.6 Å². The van der Waals surface area contributed by atoms with Crippen molar-refractivity contribution in [1.82, 2.24) is 9.80 Å². The van der Waals surface area contributed by atoms with E-state index in [-0.39, 0.29) is 24.6 Å². The summed E-state index contributed by atoms with van der Waals surface area (Å²) in [6, 6.07) is 26.6. The zero-order valence-electron chi connectivity index (χ0n) is 32.6. The molecule has 0 radical (unpaired) electrons. The average molecular weight is 791 g/mol. The molecule has 5 rings (SSSR count). The Morgan fingerprint density at radius 2 is 1.45 bits per heavy atom. The zero-order chi connectivity index (χ0) is 42.1. The van der Waals surface area contributed by atoms with Gasteiger partial charge >= 0.3 is 30.0 Å². The summed E-state index contributed by atoms with van der Waals surface area (Å²) in [5.41, 5.74) is 7.38. The number of hydrogen-bond acceptors (Lipinski definition) is 9. The Balaban J connectivity index is 1.45. The SMILES string of the molecule is Cc1ccccc1NC(=O)Nc1ccc(CN2C(=O)N(C(CC(C)C)C(=O)N(CC(=O)OC(=O)[C@@H](N)CC(=O)O)c3ccccc3)C(=O)C2(C)c2ccccc2)cc1. The fourth-order valence-corrected chi connectivity index (χ4v) is 6.64. The van der Waals surface area contributed by atoms with Gasteiger partial charge in [0.1, 0.15) is 24.2 Å². The minimum atomic E-state index is -1.63. The molecule has 0 aliphatic carbocycles. The number of nitrogens with one attached hydrogen (secondary N) is 2. The summed E-state index contributed by atoms with van der Waals surface area (Å²) in [6.45, 7) is 6.26. The van der Waals surface area contributed by atoms with Crippen molar-refractivity contribution in [1.29, 1.82) is 0 Å². The molecule has 15 nitrogen and oxygen atoms in total. The number of carbonyl (C=O) groups is 7. The summed E-state index contributed by atoms with van der Waals surface area (Å²) in [5.74, 6) is -5.56. The third-order valence-electron chi connectivity index (χ3n) is 9.72. The van der Waals surface area contributed by atoms with Gasteiger partial charge in [-0.25, -0.2) is 24.1 Å². The summed E-state index contributed by atoms with van der Waals surface area (Å²) < 4.78 is 4.84. The Labute approximate surface area is 335 Å². The van der Waals surface area contributed by atoms with Gasteiger partial charge in [-0.3, -0.25) is 19.3 Å². The second kappa shape index (κ2) is 18.4. The third kappa shape index (κ3) is 9.73. The van der Waals surface area contributed by atoms with E-state index in [1.807, 2.05) is 39.0 Å². The summed E-state index contributed by atoms with van der Waals surface area (Å²) >= 11 is 0. The molecule has 302 valence electrons. The number of carboxylic acid groups (broad SMARTS) is 1. The predicted molar refractivity (Wildman–Crippen MR) is 215 cm³/mol. The van der Waals surface area contributed by atoms with E-state index in [1.165, 1.54) is 17.0 Å². The lowest BCUT2D eigenvalue weighted by Crippen LogP contribution is -2.54. The van der Waals surface area contributed by atoms with Crippen molar-refractivity contribution in [2.45, 2.75) is 64.7 Å². The molecule has 5 N–H and O–H groups in total. The Morgan fingerprint density at radius 1 is 0.845 bits per heavy atom. The van der Waals surface area contributed by atoms with Crippen molar-refractivity contribution in [3.63, 3.8) is 0 Å². The van der Waals surface area contributed by atoms with E-state index in [0.717, 1.165) is 15.4 Å². The average Bonchev–Trinajstić information content (AvgIpc) is 3.38. The number of rotatable bonds is 15. The van der Waals surface area contributed by atoms with Crippen LogP contribution in [0.4, 0.5) is 26.7 Å². The van der Waals surface area contributed by atoms with Gasteiger partial charge in [0.05, 0.1) is 6.42 Å². The fourth-order valence-electron chi connectivity index (χ4n) is 6.64. The number of benzene rings is 4. The molecular weight excluding hydrogens is 745 g/mol. The van der Waals surface area contributed by atoms with Crippen LogP contribution < -0.4 is 21.3 Å². The van der Waals surface area contributed by atoms with E-state index in [1.54, 1.807) is 85.8 Å². The number of amides is 6. The molecule has 1 heterocycles. The first-order chi connectivity index (χ1) is 27.6. The number of para-hydroxylation sites is 2. The maximum atomic E-state index is 14.8. The number of urea groups is 2. The van der Waals surface area contributed by atoms with Crippen LogP contribution in [0.2, 0.25) is 0 Å². The molecule has 4 aromatic rings. The first-order valence-corrected chi connectivity index (χ1v) is 18.6. The Kier molecular flexibility index (Phi) is 13.4. The Morgan fingerprint density at radius 3 is 2.05 bits per heavy atom. The number of ether oxygens (including phenoxy) is 1. The van der Waals surface area contributed by atoms with E-state index in [2.05, 4.69) is 10.6 Å². The highest BCUT2D eigenvalue weighted by Gasteiger charge is 2.58. The number of anilines is 3. The van der Waals surface area contributed by atoms with Gasteiger partial charge in [-0.15, -0.1) is 0 Å². The fraction of sp³-hybridized carbons (Fsp3) is 0.279. The lowest BCUT2D eigenvalue weighted by molar-refractivity contribution is -0.161. The molecule has 6 amide bonds. The van der Waals surface area contributed by atoms with E-state index in [9.17, 15) is 33.6 Å². The molecule has 0 bridgehead atoms. The van der Waals surface area contributed by atoms with Crippen LogP contribution in [0.1, 0.15) is 50.3 Å². The summed E-state index contributed by atoms with van der Waals surface area (Å²) in [7, 11) is 0. The topological polar surface area (TPSA) is 209 Å². The normalized spacial score (nSPS) is 16.1. The lowest BCUT2D eigenvalue weighted by atomic mass is 9.89. The minimum absolute atomic E-state index is 0.0146. The van der Waals surface area contributed by atoms with Crippen molar-refractivity contribution < 1.29 is 43.4 Å².